The van der Waals surface area contributed by atoms with Crippen molar-refractivity contribution in [2.24, 2.45) is 5.92 Å². The maximum absolute atomic E-state index is 12.3. The van der Waals surface area contributed by atoms with Crippen molar-refractivity contribution in [3.63, 3.8) is 0 Å². The van der Waals surface area contributed by atoms with Gasteiger partial charge in [0, 0.05) is 19.2 Å². The second-order valence-corrected chi connectivity index (χ2v) is 5.30. The van der Waals surface area contributed by atoms with Crippen LogP contribution < -0.4 is 5.32 Å². The molecule has 22 heavy (non-hydrogen) atoms. The maximum atomic E-state index is 12.3. The third kappa shape index (κ3) is 5.65. The number of likely N-dealkylation sites (N-methyl/N-ethyl adjacent to an activating group) is 1. The molecule has 120 valence electrons. The van der Waals surface area contributed by atoms with E-state index in [4.69, 9.17) is 4.84 Å². The topological polar surface area (TPSA) is 75.7 Å². The molecule has 0 aromatic carbocycles. The predicted octanol–water partition coefficient (Wildman–Crippen LogP) is 1.16. The van der Waals surface area contributed by atoms with Crippen LogP contribution in [0.25, 0.3) is 0 Å². The summed E-state index contributed by atoms with van der Waals surface area (Å²) in [5.41, 5.74) is 0.559. The Bertz CT molecular complexity index is 518. The number of aldehydes is 1. The summed E-state index contributed by atoms with van der Waals surface area (Å²) < 4.78 is 0. The Balaban J connectivity index is 2.57. The first kappa shape index (κ1) is 17.8. The monoisotopic (exact) mass is 306 g/mol. The summed E-state index contributed by atoms with van der Waals surface area (Å²) in [6, 6.07) is 0. The Labute approximate surface area is 130 Å². The molecule has 1 aliphatic carbocycles. The van der Waals surface area contributed by atoms with Crippen LogP contribution in [0.15, 0.2) is 35.5 Å². The van der Waals surface area contributed by atoms with E-state index in [0.29, 0.717) is 30.7 Å². The highest BCUT2D eigenvalue weighted by molar-refractivity contribution is 6.04. The van der Waals surface area contributed by atoms with E-state index in [-0.39, 0.29) is 18.1 Å². The second kappa shape index (κ2) is 8.94. The van der Waals surface area contributed by atoms with E-state index in [9.17, 15) is 14.4 Å². The van der Waals surface area contributed by atoms with Crippen LogP contribution >= 0.6 is 0 Å². The molecule has 0 saturated heterocycles. The van der Waals surface area contributed by atoms with E-state index < -0.39 is 5.91 Å². The molecule has 0 saturated carbocycles. The first-order valence-electron chi connectivity index (χ1n) is 7.16. The molecule has 0 bridgehead atoms. The molecule has 0 aromatic heterocycles. The van der Waals surface area contributed by atoms with Gasteiger partial charge in [0.05, 0.1) is 5.57 Å². The van der Waals surface area contributed by atoms with Gasteiger partial charge >= 0.3 is 0 Å². The van der Waals surface area contributed by atoms with E-state index >= 15 is 0 Å². The standard InChI is InChI=1S/C16H22N2O4/c1-12(2)9-17-15(20)11-22-18(3)16(21)14-8-6-4-5-7-13(14)10-19/h4,6-8,10,12H,5,9,11H2,1-3H3,(H,17,20). The van der Waals surface area contributed by atoms with Gasteiger partial charge in [0.15, 0.2) is 12.9 Å². The van der Waals surface area contributed by atoms with Crippen LogP contribution in [-0.4, -0.2) is 43.4 Å². The Hall–Kier alpha value is -2.21. The summed E-state index contributed by atoms with van der Waals surface area (Å²) in [6.07, 6.45) is 8.01. The Morgan fingerprint density at radius 3 is 2.82 bits per heavy atom. The number of hydrogen-bond donors (Lipinski definition) is 1. The molecule has 2 amide bonds. The van der Waals surface area contributed by atoms with Crippen LogP contribution in [0.3, 0.4) is 0 Å². The highest BCUT2D eigenvalue weighted by Gasteiger charge is 2.20. The lowest BCUT2D eigenvalue weighted by atomic mass is 10.1. The third-order valence-corrected chi connectivity index (χ3v) is 2.92. The molecular weight excluding hydrogens is 284 g/mol. The largest absolute Gasteiger partial charge is 0.354 e. The molecule has 0 spiro atoms. The van der Waals surface area contributed by atoms with Gasteiger partial charge in [-0.05, 0) is 18.4 Å². The van der Waals surface area contributed by atoms with Crippen LogP contribution in [0.1, 0.15) is 20.3 Å². The fourth-order valence-electron chi connectivity index (χ4n) is 1.70. The minimum absolute atomic E-state index is 0.244. The lowest BCUT2D eigenvalue weighted by Crippen LogP contribution is -2.36. The van der Waals surface area contributed by atoms with E-state index in [1.165, 1.54) is 7.05 Å². The van der Waals surface area contributed by atoms with E-state index in [0.717, 1.165) is 5.06 Å². The molecule has 0 heterocycles. The number of nitrogens with zero attached hydrogens (tertiary/aromatic N) is 1. The molecule has 1 rings (SSSR count). The molecule has 1 N–H and O–H groups in total. The minimum atomic E-state index is -0.471. The molecule has 0 unspecified atom stereocenters. The average molecular weight is 306 g/mol. The highest BCUT2D eigenvalue weighted by Crippen LogP contribution is 2.15. The molecule has 6 nitrogen and oxygen atoms in total. The summed E-state index contributed by atoms with van der Waals surface area (Å²) in [4.78, 5) is 40.0. The van der Waals surface area contributed by atoms with E-state index in [1.54, 1.807) is 18.2 Å². The Kier molecular flexibility index (Phi) is 7.25. The van der Waals surface area contributed by atoms with Gasteiger partial charge in [0.25, 0.3) is 5.91 Å². The first-order chi connectivity index (χ1) is 10.5. The van der Waals surface area contributed by atoms with Crippen molar-refractivity contribution in [1.29, 1.82) is 0 Å². The van der Waals surface area contributed by atoms with Crippen LogP contribution in [0.5, 0.6) is 0 Å². The van der Waals surface area contributed by atoms with Crippen LogP contribution in [0.4, 0.5) is 0 Å². The lowest BCUT2D eigenvalue weighted by molar-refractivity contribution is -0.176. The van der Waals surface area contributed by atoms with Gasteiger partial charge in [-0.3, -0.25) is 19.2 Å². The van der Waals surface area contributed by atoms with Crippen molar-refractivity contribution in [3.8, 4) is 0 Å². The minimum Gasteiger partial charge on any atom is -0.354 e. The summed E-state index contributed by atoms with van der Waals surface area (Å²) in [5.74, 6) is -0.428. The maximum Gasteiger partial charge on any atom is 0.277 e. The molecule has 0 fully saturated rings. The van der Waals surface area contributed by atoms with E-state index in [1.807, 2.05) is 19.9 Å². The number of hydroxylamine groups is 2. The van der Waals surface area contributed by atoms with Gasteiger partial charge in [0.1, 0.15) is 0 Å². The number of nitrogens with one attached hydrogen (secondary N) is 1. The third-order valence-electron chi connectivity index (χ3n) is 2.92. The fourth-order valence-corrected chi connectivity index (χ4v) is 1.70. The predicted molar refractivity (Wildman–Crippen MR) is 82.6 cm³/mol. The highest BCUT2D eigenvalue weighted by atomic mass is 16.7. The lowest BCUT2D eigenvalue weighted by Gasteiger charge is -2.18. The smallest absolute Gasteiger partial charge is 0.277 e. The van der Waals surface area contributed by atoms with Gasteiger partial charge in [-0.25, -0.2) is 5.06 Å². The van der Waals surface area contributed by atoms with Gasteiger partial charge in [-0.2, -0.15) is 0 Å². The number of carbonyl (C=O) groups excluding carboxylic acids is 3. The van der Waals surface area contributed by atoms with Crippen molar-refractivity contribution in [2.75, 3.05) is 20.2 Å². The molecule has 6 heteroatoms. The van der Waals surface area contributed by atoms with Gasteiger partial charge in [-0.1, -0.05) is 32.1 Å². The zero-order chi connectivity index (χ0) is 16.5. The van der Waals surface area contributed by atoms with Crippen molar-refractivity contribution in [3.05, 3.63) is 35.5 Å². The van der Waals surface area contributed by atoms with Crippen LogP contribution in [0, 0.1) is 5.92 Å². The Morgan fingerprint density at radius 2 is 2.18 bits per heavy atom. The van der Waals surface area contributed by atoms with Gasteiger partial charge in [-0.15, -0.1) is 0 Å². The van der Waals surface area contributed by atoms with Gasteiger partial charge < -0.3 is 5.32 Å². The van der Waals surface area contributed by atoms with Crippen molar-refractivity contribution >= 4 is 18.1 Å². The number of rotatable bonds is 7. The summed E-state index contributed by atoms with van der Waals surface area (Å²) in [7, 11) is 1.41. The van der Waals surface area contributed by atoms with Gasteiger partial charge in [0.2, 0.25) is 5.91 Å². The molecule has 1 aliphatic rings. The van der Waals surface area contributed by atoms with Crippen molar-refractivity contribution in [1.82, 2.24) is 10.4 Å². The zero-order valence-electron chi connectivity index (χ0n) is 13.2. The molecule has 0 aromatic rings. The van der Waals surface area contributed by atoms with Crippen LogP contribution in [-0.2, 0) is 19.2 Å². The molecule has 0 aliphatic heterocycles. The normalized spacial score (nSPS) is 14.0. The average Bonchev–Trinajstić information content (AvgIpc) is 2.74. The summed E-state index contributed by atoms with van der Waals surface area (Å²) >= 11 is 0. The molecule has 0 atom stereocenters. The van der Waals surface area contributed by atoms with Crippen LogP contribution in [0.2, 0.25) is 0 Å². The fraction of sp³-hybridized carbons (Fsp3) is 0.438. The van der Waals surface area contributed by atoms with Crippen molar-refractivity contribution in [2.45, 2.75) is 20.3 Å². The SMILES string of the molecule is CC(C)CNC(=O)CON(C)C(=O)C1=CC=CCC=C1C=O. The molecule has 0 radical (unpaired) electrons. The second-order valence-electron chi connectivity index (χ2n) is 5.30. The Morgan fingerprint density at radius 1 is 1.45 bits per heavy atom. The number of amides is 2. The summed E-state index contributed by atoms with van der Waals surface area (Å²) in [6.45, 7) is 4.26. The quantitative estimate of drug-likeness (QED) is 0.566. The number of allylic oxidation sites excluding steroid dienone is 4. The number of carbonyl (C=O) groups is 3. The first-order valence-corrected chi connectivity index (χ1v) is 7.16. The van der Waals surface area contributed by atoms with Crippen molar-refractivity contribution < 1.29 is 19.2 Å². The molecular formula is C16H22N2O4. The van der Waals surface area contributed by atoms with E-state index in [2.05, 4.69) is 5.32 Å². The number of hydrogen-bond acceptors (Lipinski definition) is 4. The zero-order valence-corrected chi connectivity index (χ0v) is 13.2. The summed E-state index contributed by atoms with van der Waals surface area (Å²) in [5, 5.41) is 3.66.